The van der Waals surface area contributed by atoms with Crippen LogP contribution in [0.4, 0.5) is 4.79 Å². The maximum Gasteiger partial charge on any atom is 0.316 e. The average Bonchev–Trinajstić information content (AvgIpc) is 2.62. The summed E-state index contributed by atoms with van der Waals surface area (Å²) in [5.74, 6) is 0.900. The van der Waals surface area contributed by atoms with Gasteiger partial charge in [-0.05, 0) is 37.7 Å². The number of aliphatic hydroxyl groups excluding tert-OH is 1. The molecule has 1 fully saturated rings. The van der Waals surface area contributed by atoms with Gasteiger partial charge in [0.05, 0.1) is 6.42 Å². The number of carbonyl (C=O) groups excluding carboxylic acids is 2. The molecule has 144 valence electrons. The second kappa shape index (κ2) is 10.8. The molecule has 26 heavy (non-hydrogen) atoms. The normalized spacial score (nSPS) is 14.9. The van der Waals surface area contributed by atoms with Crippen molar-refractivity contribution < 1.29 is 14.7 Å². The van der Waals surface area contributed by atoms with E-state index in [1.54, 1.807) is 0 Å². The minimum Gasteiger partial charge on any atom is -0.376 e. The lowest BCUT2D eigenvalue weighted by molar-refractivity contribution is -0.131. The molecule has 0 spiro atoms. The van der Waals surface area contributed by atoms with Crippen molar-refractivity contribution in [3.05, 3.63) is 35.4 Å². The van der Waals surface area contributed by atoms with Crippen molar-refractivity contribution in [3.63, 3.8) is 0 Å². The van der Waals surface area contributed by atoms with E-state index in [4.69, 9.17) is 5.11 Å². The quantitative estimate of drug-likeness (QED) is 0.490. The highest BCUT2D eigenvalue weighted by molar-refractivity contribution is 5.78. The molecule has 1 aromatic rings. The van der Waals surface area contributed by atoms with Gasteiger partial charge in [0.15, 0.2) is 0 Å². The Morgan fingerprint density at radius 2 is 1.96 bits per heavy atom. The summed E-state index contributed by atoms with van der Waals surface area (Å²) < 4.78 is 0. The third kappa shape index (κ3) is 7.04. The van der Waals surface area contributed by atoms with Crippen molar-refractivity contribution in [2.75, 3.05) is 26.4 Å². The molecule has 0 atom stereocenters. The minimum absolute atomic E-state index is 0.230. The van der Waals surface area contributed by atoms with Gasteiger partial charge in [-0.2, -0.15) is 0 Å². The molecule has 0 aliphatic carbocycles. The van der Waals surface area contributed by atoms with Crippen LogP contribution in [0.15, 0.2) is 24.3 Å². The number of likely N-dealkylation sites (tertiary alicyclic amines) is 1. The van der Waals surface area contributed by atoms with Crippen molar-refractivity contribution in [1.29, 1.82) is 0 Å². The highest BCUT2D eigenvalue weighted by Gasteiger charge is 2.22. The summed E-state index contributed by atoms with van der Waals surface area (Å²) in [7, 11) is 0. The van der Waals surface area contributed by atoms with Crippen LogP contribution in [0.3, 0.4) is 0 Å². The first-order valence-corrected chi connectivity index (χ1v) is 9.54. The lowest BCUT2D eigenvalue weighted by Gasteiger charge is -2.32. The van der Waals surface area contributed by atoms with E-state index in [2.05, 4.69) is 16.7 Å². The zero-order chi connectivity index (χ0) is 18.8. The molecular formula is C20H31N3O3. The van der Waals surface area contributed by atoms with Gasteiger partial charge in [0.1, 0.15) is 6.73 Å². The van der Waals surface area contributed by atoms with Gasteiger partial charge in [-0.3, -0.25) is 4.79 Å². The number of nitrogens with zero attached hydrogens (tertiary/aromatic N) is 1. The number of hydrogen-bond acceptors (Lipinski definition) is 3. The van der Waals surface area contributed by atoms with Gasteiger partial charge in [-0.15, -0.1) is 0 Å². The van der Waals surface area contributed by atoms with E-state index in [1.165, 1.54) is 5.56 Å². The molecule has 3 amide bonds. The molecule has 0 aromatic heterocycles. The van der Waals surface area contributed by atoms with Crippen LogP contribution in [0.1, 0.15) is 43.2 Å². The second-order valence-corrected chi connectivity index (χ2v) is 7.08. The van der Waals surface area contributed by atoms with Gasteiger partial charge in [0.2, 0.25) is 5.91 Å². The van der Waals surface area contributed by atoms with E-state index in [1.807, 2.05) is 30.0 Å². The van der Waals surface area contributed by atoms with Crippen LogP contribution < -0.4 is 10.6 Å². The Balaban J connectivity index is 1.59. The number of hydrogen-bond donors (Lipinski definition) is 3. The van der Waals surface area contributed by atoms with Gasteiger partial charge in [-0.25, -0.2) is 4.79 Å². The Hall–Kier alpha value is -2.08. The SMILES string of the molecule is Cc1cccc(CC(=O)N2CCC(CCCCNC(=O)NCO)CC2)c1. The van der Waals surface area contributed by atoms with Crippen LogP contribution in [0.5, 0.6) is 0 Å². The van der Waals surface area contributed by atoms with E-state index in [9.17, 15) is 9.59 Å². The molecule has 0 radical (unpaired) electrons. The fourth-order valence-electron chi connectivity index (χ4n) is 3.47. The molecule has 0 saturated carbocycles. The summed E-state index contributed by atoms with van der Waals surface area (Å²) in [6, 6.07) is 7.83. The van der Waals surface area contributed by atoms with Crippen molar-refractivity contribution >= 4 is 11.9 Å². The van der Waals surface area contributed by atoms with Gasteiger partial charge < -0.3 is 20.6 Å². The number of amides is 3. The Bertz CT molecular complexity index is 583. The predicted molar refractivity (Wildman–Crippen MR) is 102 cm³/mol. The summed E-state index contributed by atoms with van der Waals surface area (Å²) in [5.41, 5.74) is 2.28. The lowest BCUT2D eigenvalue weighted by atomic mass is 9.91. The third-order valence-corrected chi connectivity index (χ3v) is 4.97. The van der Waals surface area contributed by atoms with E-state index < -0.39 is 0 Å². The molecule has 3 N–H and O–H groups in total. The van der Waals surface area contributed by atoms with Crippen LogP contribution >= 0.6 is 0 Å². The number of benzene rings is 1. The molecule has 0 bridgehead atoms. The molecule has 1 saturated heterocycles. The van der Waals surface area contributed by atoms with Crippen LogP contribution in [-0.2, 0) is 11.2 Å². The number of aryl methyl sites for hydroxylation is 1. The molecule has 0 unspecified atom stereocenters. The maximum atomic E-state index is 12.5. The number of nitrogens with one attached hydrogen (secondary N) is 2. The van der Waals surface area contributed by atoms with Crippen molar-refractivity contribution in [2.24, 2.45) is 5.92 Å². The number of unbranched alkanes of at least 4 members (excludes halogenated alkanes) is 1. The molecule has 1 aliphatic heterocycles. The minimum atomic E-state index is -0.340. The molecular weight excluding hydrogens is 330 g/mol. The van der Waals surface area contributed by atoms with Gasteiger partial charge in [0, 0.05) is 19.6 Å². The molecule has 6 heteroatoms. The number of aliphatic hydroxyl groups is 1. The third-order valence-electron chi connectivity index (χ3n) is 4.97. The Kier molecular flexibility index (Phi) is 8.41. The monoisotopic (exact) mass is 361 g/mol. The summed E-state index contributed by atoms with van der Waals surface area (Å²) in [5, 5.41) is 13.6. The number of urea groups is 1. The second-order valence-electron chi connectivity index (χ2n) is 7.08. The predicted octanol–water partition coefficient (Wildman–Crippen LogP) is 2.20. The molecule has 2 rings (SSSR count). The fraction of sp³-hybridized carbons (Fsp3) is 0.600. The number of rotatable bonds is 8. The van der Waals surface area contributed by atoms with E-state index in [-0.39, 0.29) is 18.7 Å². The number of piperidine rings is 1. The first-order chi connectivity index (χ1) is 12.6. The molecule has 1 aliphatic rings. The largest absolute Gasteiger partial charge is 0.376 e. The fourth-order valence-corrected chi connectivity index (χ4v) is 3.47. The zero-order valence-electron chi connectivity index (χ0n) is 15.7. The highest BCUT2D eigenvalue weighted by Crippen LogP contribution is 2.23. The Morgan fingerprint density at radius 3 is 2.65 bits per heavy atom. The smallest absolute Gasteiger partial charge is 0.316 e. The van der Waals surface area contributed by atoms with Crippen molar-refractivity contribution in [2.45, 2.75) is 45.4 Å². The van der Waals surface area contributed by atoms with E-state index >= 15 is 0 Å². The van der Waals surface area contributed by atoms with Crippen LogP contribution in [0.25, 0.3) is 0 Å². The average molecular weight is 361 g/mol. The van der Waals surface area contributed by atoms with E-state index in [0.29, 0.717) is 18.9 Å². The lowest BCUT2D eigenvalue weighted by Crippen LogP contribution is -2.39. The Labute approximate surface area is 156 Å². The first kappa shape index (κ1) is 20.2. The first-order valence-electron chi connectivity index (χ1n) is 9.54. The summed E-state index contributed by atoms with van der Waals surface area (Å²) in [6.45, 7) is 4.04. The van der Waals surface area contributed by atoms with Gasteiger partial charge >= 0.3 is 6.03 Å². The van der Waals surface area contributed by atoms with Crippen LogP contribution in [-0.4, -0.2) is 48.3 Å². The van der Waals surface area contributed by atoms with Crippen LogP contribution in [0, 0.1) is 12.8 Å². The van der Waals surface area contributed by atoms with Crippen molar-refractivity contribution in [1.82, 2.24) is 15.5 Å². The number of carbonyl (C=O) groups is 2. The van der Waals surface area contributed by atoms with E-state index in [0.717, 1.165) is 50.8 Å². The highest BCUT2D eigenvalue weighted by atomic mass is 16.3. The van der Waals surface area contributed by atoms with Gasteiger partial charge in [0.25, 0.3) is 0 Å². The standard InChI is InChI=1S/C20H31N3O3/c1-16-5-4-7-18(13-16)14-19(25)23-11-8-17(9-12-23)6-2-3-10-21-20(26)22-15-24/h4-5,7,13,17,24H,2-3,6,8-12,14-15H2,1H3,(H2,21,22,26). The summed E-state index contributed by atoms with van der Waals surface area (Å²) >= 11 is 0. The topological polar surface area (TPSA) is 81.7 Å². The summed E-state index contributed by atoms with van der Waals surface area (Å²) in [4.78, 5) is 25.6. The maximum absolute atomic E-state index is 12.5. The molecule has 1 heterocycles. The molecule has 1 aromatic carbocycles. The van der Waals surface area contributed by atoms with Crippen molar-refractivity contribution in [3.8, 4) is 0 Å². The van der Waals surface area contributed by atoms with Crippen LogP contribution in [0.2, 0.25) is 0 Å². The molecule has 6 nitrogen and oxygen atoms in total. The zero-order valence-corrected chi connectivity index (χ0v) is 15.7. The summed E-state index contributed by atoms with van der Waals surface area (Å²) in [6.07, 6.45) is 5.78. The Morgan fingerprint density at radius 1 is 1.19 bits per heavy atom. The van der Waals surface area contributed by atoms with Gasteiger partial charge in [-0.1, -0.05) is 42.7 Å².